The summed E-state index contributed by atoms with van der Waals surface area (Å²) in [5.74, 6) is -0.875. The van der Waals surface area contributed by atoms with Gasteiger partial charge in [-0.25, -0.2) is 9.69 Å². The summed E-state index contributed by atoms with van der Waals surface area (Å²) in [6.45, 7) is 2.04. The van der Waals surface area contributed by atoms with E-state index in [2.05, 4.69) is 5.32 Å². The Kier molecular flexibility index (Phi) is 6.49. The third kappa shape index (κ3) is 4.92. The van der Waals surface area contributed by atoms with Gasteiger partial charge >= 0.3 is 6.03 Å². The van der Waals surface area contributed by atoms with Crippen LogP contribution in [0.3, 0.4) is 0 Å². The normalized spacial score (nSPS) is 15.1. The predicted octanol–water partition coefficient (Wildman–Crippen LogP) is 5.55. The molecule has 0 bridgehead atoms. The number of rotatable bonds is 5. The molecule has 0 aromatic heterocycles. The molecule has 0 spiro atoms. The Balaban J connectivity index is 1.54. The van der Waals surface area contributed by atoms with Crippen molar-refractivity contribution < 1.29 is 19.1 Å². The highest BCUT2D eigenvalue weighted by Gasteiger charge is 2.37. The molecule has 1 fully saturated rings. The SMILES string of the molecule is Cc1c(Cl)cccc1N1C(=O)NC(=O)/C(=C\c2ccc(OCc3cccc(Cl)c3)cc2)C1=O. The first-order valence-electron chi connectivity index (χ1n) is 9.97. The maximum atomic E-state index is 13.1. The highest BCUT2D eigenvalue weighted by molar-refractivity contribution is 6.40. The van der Waals surface area contributed by atoms with Crippen molar-refractivity contribution in [2.24, 2.45) is 0 Å². The number of urea groups is 1. The zero-order chi connectivity index (χ0) is 23.5. The monoisotopic (exact) mass is 480 g/mol. The number of anilines is 1. The van der Waals surface area contributed by atoms with Crippen LogP contribution in [-0.2, 0) is 16.2 Å². The van der Waals surface area contributed by atoms with Crippen molar-refractivity contribution >= 4 is 52.8 Å². The van der Waals surface area contributed by atoms with Crippen molar-refractivity contribution in [2.45, 2.75) is 13.5 Å². The van der Waals surface area contributed by atoms with Gasteiger partial charge in [0, 0.05) is 10.0 Å². The van der Waals surface area contributed by atoms with E-state index < -0.39 is 17.8 Å². The highest BCUT2D eigenvalue weighted by Crippen LogP contribution is 2.29. The topological polar surface area (TPSA) is 75.7 Å². The van der Waals surface area contributed by atoms with E-state index in [9.17, 15) is 14.4 Å². The molecule has 0 atom stereocenters. The number of hydrogen-bond donors (Lipinski definition) is 1. The minimum Gasteiger partial charge on any atom is -0.489 e. The summed E-state index contributed by atoms with van der Waals surface area (Å²) in [6, 6.07) is 18.3. The van der Waals surface area contributed by atoms with E-state index in [1.807, 2.05) is 18.2 Å². The second-order valence-corrected chi connectivity index (χ2v) is 8.17. The number of imide groups is 2. The number of ether oxygens (including phenoxy) is 1. The zero-order valence-electron chi connectivity index (χ0n) is 17.5. The van der Waals surface area contributed by atoms with Crippen LogP contribution in [0.5, 0.6) is 5.75 Å². The minimum atomic E-state index is -0.822. The molecule has 8 heteroatoms. The van der Waals surface area contributed by atoms with Crippen LogP contribution in [0.25, 0.3) is 6.08 Å². The molecule has 4 amide bonds. The van der Waals surface area contributed by atoms with Crippen molar-refractivity contribution in [3.05, 3.63) is 99.0 Å². The van der Waals surface area contributed by atoms with Gasteiger partial charge in [-0.2, -0.15) is 0 Å². The van der Waals surface area contributed by atoms with Crippen molar-refractivity contribution in [2.75, 3.05) is 4.90 Å². The van der Waals surface area contributed by atoms with Gasteiger partial charge in [0.15, 0.2) is 0 Å². The van der Waals surface area contributed by atoms with E-state index in [0.29, 0.717) is 39.2 Å². The quantitative estimate of drug-likeness (QED) is 0.383. The van der Waals surface area contributed by atoms with Crippen molar-refractivity contribution in [1.82, 2.24) is 5.32 Å². The molecule has 166 valence electrons. The number of carbonyl (C=O) groups excluding carboxylic acids is 3. The fourth-order valence-electron chi connectivity index (χ4n) is 3.33. The summed E-state index contributed by atoms with van der Waals surface area (Å²) < 4.78 is 5.76. The zero-order valence-corrected chi connectivity index (χ0v) is 19.0. The van der Waals surface area contributed by atoms with Gasteiger partial charge in [-0.05, 0) is 66.1 Å². The second-order valence-electron chi connectivity index (χ2n) is 7.33. The molecule has 1 N–H and O–H groups in total. The van der Waals surface area contributed by atoms with E-state index in [-0.39, 0.29) is 5.57 Å². The molecule has 1 aliphatic rings. The molecule has 3 aromatic carbocycles. The summed E-state index contributed by atoms with van der Waals surface area (Å²) in [4.78, 5) is 38.8. The van der Waals surface area contributed by atoms with Crippen molar-refractivity contribution in [3.63, 3.8) is 0 Å². The lowest BCUT2D eigenvalue weighted by Gasteiger charge is -2.27. The number of benzene rings is 3. The van der Waals surface area contributed by atoms with Gasteiger partial charge < -0.3 is 4.74 Å². The van der Waals surface area contributed by atoms with Gasteiger partial charge in [-0.15, -0.1) is 0 Å². The third-order valence-electron chi connectivity index (χ3n) is 5.07. The number of amides is 4. The molecule has 0 unspecified atom stereocenters. The molecule has 6 nitrogen and oxygen atoms in total. The van der Waals surface area contributed by atoms with Crippen LogP contribution >= 0.6 is 23.2 Å². The molecule has 33 heavy (non-hydrogen) atoms. The maximum absolute atomic E-state index is 13.1. The fourth-order valence-corrected chi connectivity index (χ4v) is 3.72. The summed E-state index contributed by atoms with van der Waals surface area (Å²) in [5, 5.41) is 3.25. The highest BCUT2D eigenvalue weighted by atomic mass is 35.5. The van der Waals surface area contributed by atoms with Crippen LogP contribution in [0.15, 0.2) is 72.3 Å². The Morgan fingerprint density at radius 3 is 2.42 bits per heavy atom. The predicted molar refractivity (Wildman–Crippen MR) is 127 cm³/mol. The van der Waals surface area contributed by atoms with Gasteiger partial charge in [0.2, 0.25) is 0 Å². The largest absolute Gasteiger partial charge is 0.489 e. The van der Waals surface area contributed by atoms with E-state index in [1.165, 1.54) is 6.08 Å². The Hall–Kier alpha value is -3.61. The lowest BCUT2D eigenvalue weighted by Crippen LogP contribution is -2.54. The Morgan fingerprint density at radius 1 is 0.970 bits per heavy atom. The summed E-state index contributed by atoms with van der Waals surface area (Å²) >= 11 is 12.1. The van der Waals surface area contributed by atoms with Gasteiger partial charge in [0.1, 0.15) is 17.9 Å². The Bertz CT molecular complexity index is 1290. The van der Waals surface area contributed by atoms with E-state index in [0.717, 1.165) is 10.5 Å². The summed E-state index contributed by atoms with van der Waals surface area (Å²) in [5.41, 5.74) is 2.23. The second kappa shape index (κ2) is 9.48. The van der Waals surface area contributed by atoms with Crippen LogP contribution in [0, 0.1) is 6.92 Å². The number of hydrogen-bond acceptors (Lipinski definition) is 4. The molecule has 0 aliphatic carbocycles. The number of carbonyl (C=O) groups is 3. The molecule has 4 rings (SSSR count). The van der Waals surface area contributed by atoms with Crippen LogP contribution in [0.1, 0.15) is 16.7 Å². The van der Waals surface area contributed by atoms with Crippen molar-refractivity contribution in [1.29, 1.82) is 0 Å². The van der Waals surface area contributed by atoms with Gasteiger partial charge in [0.25, 0.3) is 11.8 Å². The molecular formula is C25H18Cl2N2O4. The average molecular weight is 481 g/mol. The van der Waals surface area contributed by atoms with Crippen LogP contribution in [-0.4, -0.2) is 17.8 Å². The van der Waals surface area contributed by atoms with Gasteiger partial charge in [0.05, 0.1) is 5.69 Å². The lowest BCUT2D eigenvalue weighted by molar-refractivity contribution is -0.122. The molecule has 1 saturated heterocycles. The van der Waals surface area contributed by atoms with Gasteiger partial charge in [-0.1, -0.05) is 53.5 Å². The van der Waals surface area contributed by atoms with E-state index in [1.54, 1.807) is 55.5 Å². The molecular weight excluding hydrogens is 463 g/mol. The molecule has 1 aliphatic heterocycles. The number of nitrogens with zero attached hydrogens (tertiary/aromatic N) is 1. The molecule has 3 aromatic rings. The average Bonchev–Trinajstić information content (AvgIpc) is 2.79. The molecule has 0 radical (unpaired) electrons. The number of barbiturate groups is 1. The van der Waals surface area contributed by atoms with E-state index in [4.69, 9.17) is 27.9 Å². The standard InChI is InChI=1S/C25H18Cl2N2O4/c1-15-21(27)6-3-7-22(15)29-24(31)20(23(30)28-25(29)32)13-16-8-10-19(11-9-16)33-14-17-4-2-5-18(26)12-17/h2-13H,14H2,1H3,(H,28,30,32)/b20-13+. The van der Waals surface area contributed by atoms with Crippen LogP contribution in [0.2, 0.25) is 10.0 Å². The van der Waals surface area contributed by atoms with Crippen LogP contribution in [0.4, 0.5) is 10.5 Å². The van der Waals surface area contributed by atoms with Crippen LogP contribution < -0.4 is 15.0 Å². The minimum absolute atomic E-state index is 0.165. The lowest BCUT2D eigenvalue weighted by atomic mass is 10.1. The summed E-state index contributed by atoms with van der Waals surface area (Å²) in [7, 11) is 0. The first-order chi connectivity index (χ1) is 15.8. The number of halogens is 2. The molecule has 0 saturated carbocycles. The maximum Gasteiger partial charge on any atom is 0.335 e. The fraction of sp³-hybridized carbons (Fsp3) is 0.0800. The van der Waals surface area contributed by atoms with Crippen molar-refractivity contribution in [3.8, 4) is 5.75 Å². The van der Waals surface area contributed by atoms with E-state index >= 15 is 0 Å². The summed E-state index contributed by atoms with van der Waals surface area (Å²) in [6.07, 6.45) is 1.43. The van der Waals surface area contributed by atoms with Gasteiger partial charge in [-0.3, -0.25) is 14.9 Å². The smallest absolute Gasteiger partial charge is 0.335 e. The Labute approximate surface area is 200 Å². The first-order valence-corrected chi connectivity index (χ1v) is 10.7. The number of nitrogens with one attached hydrogen (secondary N) is 1. The first kappa shape index (κ1) is 22.6. The third-order valence-corrected chi connectivity index (χ3v) is 5.71. The molecule has 1 heterocycles. The Morgan fingerprint density at radius 2 is 1.70 bits per heavy atom.